The Morgan fingerprint density at radius 2 is 1.05 bits per heavy atom. The Morgan fingerprint density at radius 3 is 1.51 bits per heavy atom. The smallest absolute Gasteiger partial charge is 0.407 e. The average Bonchev–Trinajstić information content (AvgIpc) is 4.41. The van der Waals surface area contributed by atoms with E-state index < -0.39 is 102 Å². The highest BCUT2D eigenvalue weighted by molar-refractivity contribution is 5.87. The van der Waals surface area contributed by atoms with Gasteiger partial charge in [-0.05, 0) is 101 Å². The molecule has 0 aliphatic carbocycles. The minimum atomic E-state index is -1.46. The Balaban J connectivity index is 0.996. The second kappa shape index (κ2) is 23.7. The number of halogens is 6. The van der Waals surface area contributed by atoms with Crippen LogP contribution in [0.3, 0.4) is 0 Å². The molecule has 81 heavy (non-hydrogen) atoms. The number of H-pyrrole nitrogens is 2. The summed E-state index contributed by atoms with van der Waals surface area (Å²) in [7, 11) is 5.31. The van der Waals surface area contributed by atoms with Gasteiger partial charge in [0, 0.05) is 77.4 Å². The molecule has 0 spiro atoms. The molecule has 0 saturated carbocycles. The fourth-order valence-corrected chi connectivity index (χ4v) is 12.1. The van der Waals surface area contributed by atoms with Crippen molar-refractivity contribution in [1.29, 1.82) is 0 Å². The van der Waals surface area contributed by atoms with Gasteiger partial charge in [-0.1, -0.05) is 6.07 Å². The topological polar surface area (TPSA) is 206 Å². The number of hydrogen-bond donors (Lipinski definition) is 5. The van der Waals surface area contributed by atoms with Crippen molar-refractivity contribution in [2.45, 2.75) is 107 Å². The standard InChI is InChI=1S/C56H65F6N11O8/c1-28(78-3)47(67-55(76)80-5)53(74)71-16-8-12-45(71)51-63-39-24-31(35(59)26-41(39)65-51)43-14-15-44(73(43)30-22-37(61)50(38(62)23-30)70-20-18-69(19-21-70)49-33(57)10-7-11-34(49)58)32-25-40-42(27-36(32)60)66-52(64-40)46-13-9-17-72(46)54(75)48(29(2)79-4)68-56(77)81-6/h7,10-11,22-29,43-48,55,67,76H,8-9,12-21H2,1-6H3,(H,63,65)(H,64,66)(H,68,77)/t28-,29-,43-,44-,45?,46+,47+,48+,55?/m1/s1. The molecule has 4 saturated heterocycles. The number of para-hydroxylation sites is 1. The van der Waals surface area contributed by atoms with E-state index in [1.54, 1.807) is 34.6 Å². The molecule has 5 N–H and O–H groups in total. The molecule has 4 aliphatic heterocycles. The third-order valence-corrected chi connectivity index (χ3v) is 16.4. The summed E-state index contributed by atoms with van der Waals surface area (Å²) < 4.78 is 118. The van der Waals surface area contributed by atoms with Crippen molar-refractivity contribution in [2.24, 2.45) is 0 Å². The van der Waals surface area contributed by atoms with E-state index in [4.69, 9.17) is 28.9 Å². The van der Waals surface area contributed by atoms with E-state index in [-0.39, 0.29) is 73.1 Å². The summed E-state index contributed by atoms with van der Waals surface area (Å²) in [6.07, 6.45) is -1.09. The fourth-order valence-electron chi connectivity index (χ4n) is 12.1. The summed E-state index contributed by atoms with van der Waals surface area (Å²) in [6, 6.07) is 6.25. The fraction of sp³-hybridized carbons (Fsp3) is 0.482. The molecule has 4 fully saturated rings. The summed E-state index contributed by atoms with van der Waals surface area (Å²) in [5.74, 6) is -4.91. The van der Waals surface area contributed by atoms with E-state index in [0.717, 1.165) is 24.3 Å². The molecule has 2 aromatic heterocycles. The van der Waals surface area contributed by atoms with E-state index in [0.29, 0.717) is 72.5 Å². The number of alkyl carbamates (subject to hydrolysis) is 1. The maximum Gasteiger partial charge on any atom is 0.407 e. The van der Waals surface area contributed by atoms with Gasteiger partial charge in [0.1, 0.15) is 58.4 Å². The second-order valence-electron chi connectivity index (χ2n) is 21.0. The third kappa shape index (κ3) is 11.0. The van der Waals surface area contributed by atoms with Crippen LogP contribution >= 0.6 is 0 Å². The molecular formula is C56H65F6N11O8. The van der Waals surface area contributed by atoms with Crippen LogP contribution in [0.5, 0.6) is 0 Å². The van der Waals surface area contributed by atoms with E-state index in [2.05, 4.69) is 20.6 Å². The SMILES string of the molecule is COC(=O)N[C@H](C(=O)N1CCC[C@H]1c1nc2cc([C@H]3CC[C@H](c4cc5nc(C6CCCN6C(=O)[C@@H](NC(O)OC)[C@@H](C)OC)[nH]c5cc4F)N3c3cc(F)c(N4CCN(c5c(F)cccc5F)CC4)c(F)c3)c(F)cc2[nH]1)[C@@H](C)OC. The van der Waals surface area contributed by atoms with Crippen LogP contribution in [0.25, 0.3) is 22.1 Å². The molecule has 25 heteroatoms. The first kappa shape index (κ1) is 57.1. The number of anilines is 3. The molecule has 4 aliphatic rings. The number of ether oxygens (including phenoxy) is 4. The van der Waals surface area contributed by atoms with E-state index >= 15 is 17.6 Å². The lowest BCUT2D eigenvalue weighted by Gasteiger charge is -2.38. The van der Waals surface area contributed by atoms with Gasteiger partial charge >= 0.3 is 6.09 Å². The molecule has 3 amide bonds. The largest absolute Gasteiger partial charge is 0.453 e. The van der Waals surface area contributed by atoms with Gasteiger partial charge < -0.3 is 63.8 Å². The highest BCUT2D eigenvalue weighted by Gasteiger charge is 2.43. The number of piperazine rings is 1. The Bertz CT molecular complexity index is 3260. The van der Waals surface area contributed by atoms with Crippen LogP contribution in [0.4, 0.5) is 48.2 Å². The van der Waals surface area contributed by atoms with Crippen LogP contribution in [-0.2, 0) is 28.5 Å². The summed E-state index contributed by atoms with van der Waals surface area (Å²) in [5, 5.41) is 15.6. The van der Waals surface area contributed by atoms with Gasteiger partial charge in [-0.2, -0.15) is 0 Å². The van der Waals surface area contributed by atoms with Crippen molar-refractivity contribution in [3.05, 3.63) is 112 Å². The van der Waals surface area contributed by atoms with Crippen LogP contribution < -0.4 is 25.3 Å². The zero-order valence-corrected chi connectivity index (χ0v) is 45.6. The number of hydrogen-bond acceptors (Lipinski definition) is 14. The first-order valence-corrected chi connectivity index (χ1v) is 27.0. The first-order chi connectivity index (χ1) is 38.9. The van der Waals surface area contributed by atoms with Crippen LogP contribution in [0.15, 0.2) is 54.6 Å². The minimum Gasteiger partial charge on any atom is -0.453 e. The Morgan fingerprint density at radius 1 is 0.593 bits per heavy atom. The zero-order chi connectivity index (χ0) is 57.6. The number of imidazole rings is 2. The van der Waals surface area contributed by atoms with Crippen molar-refractivity contribution in [3.8, 4) is 0 Å². The van der Waals surface area contributed by atoms with Gasteiger partial charge in [-0.25, -0.2) is 41.1 Å². The summed E-state index contributed by atoms with van der Waals surface area (Å²) in [4.78, 5) is 64.3. The molecule has 0 bridgehead atoms. The van der Waals surface area contributed by atoms with Crippen molar-refractivity contribution in [1.82, 2.24) is 40.4 Å². The quantitative estimate of drug-likeness (QED) is 0.0439. The van der Waals surface area contributed by atoms with Crippen molar-refractivity contribution in [2.75, 3.05) is 82.4 Å². The number of nitrogens with one attached hydrogen (secondary N) is 4. The summed E-state index contributed by atoms with van der Waals surface area (Å²) >= 11 is 0. The van der Waals surface area contributed by atoms with Crippen LogP contribution in [0, 0.1) is 34.9 Å². The molecular weight excluding hydrogens is 1070 g/mol. The average molecular weight is 1130 g/mol. The minimum absolute atomic E-state index is 0.0150. The van der Waals surface area contributed by atoms with Gasteiger partial charge in [0.05, 0.1) is 65.6 Å². The van der Waals surface area contributed by atoms with Gasteiger partial charge in [0.25, 0.3) is 0 Å². The number of benzene rings is 4. The molecule has 2 unspecified atom stereocenters. The third-order valence-electron chi connectivity index (χ3n) is 16.4. The van der Waals surface area contributed by atoms with Gasteiger partial charge in [-0.15, -0.1) is 0 Å². The Kier molecular flexibility index (Phi) is 16.7. The summed E-state index contributed by atoms with van der Waals surface area (Å²) in [5.41, 5.74) is 0.865. The van der Waals surface area contributed by atoms with Crippen molar-refractivity contribution < 1.29 is 64.8 Å². The first-order valence-electron chi connectivity index (χ1n) is 27.0. The number of nitrogens with zero attached hydrogens (tertiary/aromatic N) is 7. The van der Waals surface area contributed by atoms with E-state index in [1.165, 1.54) is 62.5 Å². The molecule has 4 aromatic carbocycles. The van der Waals surface area contributed by atoms with Gasteiger partial charge in [-0.3, -0.25) is 14.9 Å². The lowest BCUT2D eigenvalue weighted by atomic mass is 10.0. The number of aromatic nitrogens is 4. The molecule has 0 radical (unpaired) electrons. The van der Waals surface area contributed by atoms with Crippen LogP contribution in [0.1, 0.15) is 99.3 Å². The predicted molar refractivity (Wildman–Crippen MR) is 286 cm³/mol. The lowest BCUT2D eigenvalue weighted by Crippen LogP contribution is -2.55. The molecule has 6 aromatic rings. The Hall–Kier alpha value is -7.19. The molecule has 434 valence electrons. The molecule has 9 atom stereocenters. The van der Waals surface area contributed by atoms with Gasteiger partial charge in [0.15, 0.2) is 11.6 Å². The van der Waals surface area contributed by atoms with Crippen LogP contribution in [-0.4, -0.2) is 151 Å². The number of aliphatic hydroxyl groups is 1. The number of carbonyl (C=O) groups is 3. The number of amides is 3. The highest BCUT2D eigenvalue weighted by Crippen LogP contribution is 2.50. The number of rotatable bonds is 17. The highest BCUT2D eigenvalue weighted by atomic mass is 19.2. The molecule has 10 rings (SSSR count). The predicted octanol–water partition coefficient (Wildman–Crippen LogP) is 7.69. The molecule has 6 heterocycles. The monoisotopic (exact) mass is 1130 g/mol. The normalized spacial score (nSPS) is 21.5. The van der Waals surface area contributed by atoms with Crippen molar-refractivity contribution in [3.63, 3.8) is 0 Å². The zero-order valence-electron chi connectivity index (χ0n) is 45.6. The van der Waals surface area contributed by atoms with Crippen molar-refractivity contribution >= 4 is 57.0 Å². The maximum absolute atomic E-state index is 17.0. The number of carbonyl (C=O) groups excluding carboxylic acids is 3. The van der Waals surface area contributed by atoms with Crippen LogP contribution in [0.2, 0.25) is 0 Å². The number of aromatic amines is 2. The second-order valence-corrected chi connectivity index (χ2v) is 21.0. The number of methoxy groups -OCH3 is 4. The molecule has 19 nitrogen and oxygen atoms in total. The lowest BCUT2D eigenvalue weighted by molar-refractivity contribution is -0.148. The Labute approximate surface area is 462 Å². The number of likely N-dealkylation sites (tertiary alicyclic amines) is 2. The van der Waals surface area contributed by atoms with E-state index in [1.807, 2.05) is 0 Å². The number of aliphatic hydroxyl groups excluding tert-OH is 1. The maximum atomic E-state index is 17.0. The summed E-state index contributed by atoms with van der Waals surface area (Å²) in [6.45, 7) is 4.14. The van der Waals surface area contributed by atoms with Gasteiger partial charge in [0.2, 0.25) is 18.2 Å². The number of fused-ring (bicyclic) bond motifs is 2. The van der Waals surface area contributed by atoms with E-state index in [9.17, 15) is 28.3 Å².